The van der Waals surface area contributed by atoms with Crippen LogP contribution in [0, 0.1) is 11.3 Å². The minimum Gasteiger partial charge on any atom is -0.508 e. The molecule has 0 atom stereocenters. The van der Waals surface area contributed by atoms with Gasteiger partial charge in [-0.05, 0) is 59.3 Å². The second kappa shape index (κ2) is 7.80. The first-order valence-corrected chi connectivity index (χ1v) is 12.9. The quantitative estimate of drug-likeness (QED) is 0.305. The van der Waals surface area contributed by atoms with Crippen LogP contribution in [0.1, 0.15) is 4.88 Å². The van der Waals surface area contributed by atoms with Crippen molar-refractivity contribution in [2.45, 2.75) is 4.90 Å². The molecule has 158 valence electrons. The van der Waals surface area contributed by atoms with E-state index in [0.717, 1.165) is 4.88 Å². The molecule has 0 fully saturated rings. The number of phenols is 1. The smallest absolute Gasteiger partial charge is 0.268 e. The number of hydrogen-bond donors (Lipinski definition) is 1. The highest BCUT2D eigenvalue weighted by Gasteiger charge is 2.30. The molecular formula is C23H13ClN2O3S3. The maximum absolute atomic E-state index is 13.9. The fraction of sp³-hybridized carbons (Fsp3) is 0. The Kier molecular flexibility index (Phi) is 5.07. The summed E-state index contributed by atoms with van der Waals surface area (Å²) in [6.45, 7) is 0. The Balaban J connectivity index is 1.98. The van der Waals surface area contributed by atoms with Gasteiger partial charge in [0.2, 0.25) is 0 Å². The van der Waals surface area contributed by atoms with E-state index in [2.05, 4.69) is 6.07 Å². The molecule has 2 aromatic carbocycles. The third-order valence-corrected chi connectivity index (χ3v) is 8.73. The number of nitriles is 1. The van der Waals surface area contributed by atoms with E-state index >= 15 is 0 Å². The molecule has 5 nitrogen and oxygen atoms in total. The summed E-state index contributed by atoms with van der Waals surface area (Å²) in [5.41, 5.74) is 2.07. The number of halogens is 1. The van der Waals surface area contributed by atoms with Gasteiger partial charge in [0, 0.05) is 27.6 Å². The summed E-state index contributed by atoms with van der Waals surface area (Å²) >= 11 is 8.67. The molecule has 5 rings (SSSR count). The first-order chi connectivity index (χ1) is 15.4. The average Bonchev–Trinajstić information content (AvgIpc) is 3.51. The van der Waals surface area contributed by atoms with E-state index in [9.17, 15) is 18.8 Å². The van der Waals surface area contributed by atoms with Crippen molar-refractivity contribution in [3.05, 3.63) is 81.3 Å². The van der Waals surface area contributed by atoms with Gasteiger partial charge in [0.05, 0.1) is 21.0 Å². The summed E-state index contributed by atoms with van der Waals surface area (Å²) in [4.78, 5) is 1.28. The van der Waals surface area contributed by atoms with Crippen LogP contribution >= 0.6 is 34.3 Å². The normalized spacial score (nSPS) is 11.6. The Morgan fingerprint density at radius 2 is 1.78 bits per heavy atom. The van der Waals surface area contributed by atoms with Gasteiger partial charge < -0.3 is 5.11 Å². The molecule has 0 aliphatic carbocycles. The summed E-state index contributed by atoms with van der Waals surface area (Å²) in [5, 5.41) is 24.6. The summed E-state index contributed by atoms with van der Waals surface area (Å²) in [6.07, 6.45) is 0. The molecule has 1 N–H and O–H groups in total. The number of phenolic OH excluding ortho intramolecular Hbond substituents is 1. The van der Waals surface area contributed by atoms with Gasteiger partial charge in [0.25, 0.3) is 10.0 Å². The Morgan fingerprint density at radius 3 is 2.47 bits per heavy atom. The molecule has 0 spiro atoms. The van der Waals surface area contributed by atoms with Crippen LogP contribution in [-0.2, 0) is 10.0 Å². The van der Waals surface area contributed by atoms with Crippen molar-refractivity contribution in [3.8, 4) is 33.5 Å². The maximum Gasteiger partial charge on any atom is 0.268 e. The molecule has 0 aliphatic heterocycles. The van der Waals surface area contributed by atoms with Crippen molar-refractivity contribution in [1.82, 2.24) is 3.97 Å². The van der Waals surface area contributed by atoms with Crippen LogP contribution in [-0.4, -0.2) is 17.5 Å². The number of nitrogens with zero attached hydrogens (tertiary/aromatic N) is 2. The summed E-state index contributed by atoms with van der Waals surface area (Å²) in [6, 6.07) is 18.3. The van der Waals surface area contributed by atoms with Crippen LogP contribution in [0.2, 0.25) is 5.02 Å². The number of fused-ring (bicyclic) bond motifs is 1. The van der Waals surface area contributed by atoms with Crippen LogP contribution in [0.15, 0.2) is 76.3 Å². The molecule has 5 aromatic rings. The number of rotatable bonds is 4. The van der Waals surface area contributed by atoms with Crippen molar-refractivity contribution in [2.75, 3.05) is 0 Å². The fourth-order valence-corrected chi connectivity index (χ4v) is 6.88. The first kappa shape index (κ1) is 20.8. The monoisotopic (exact) mass is 496 g/mol. The van der Waals surface area contributed by atoms with E-state index in [1.54, 1.807) is 6.07 Å². The molecule has 0 bridgehead atoms. The van der Waals surface area contributed by atoms with Crippen molar-refractivity contribution in [3.63, 3.8) is 0 Å². The lowest BCUT2D eigenvalue weighted by Gasteiger charge is -2.12. The zero-order valence-corrected chi connectivity index (χ0v) is 19.4. The lowest BCUT2D eigenvalue weighted by molar-refractivity contribution is 0.476. The largest absolute Gasteiger partial charge is 0.508 e. The summed E-state index contributed by atoms with van der Waals surface area (Å²) in [7, 11) is -4.07. The number of hydrogen-bond acceptors (Lipinski definition) is 6. The predicted molar refractivity (Wildman–Crippen MR) is 129 cm³/mol. The molecule has 3 heterocycles. The number of benzene rings is 2. The van der Waals surface area contributed by atoms with Gasteiger partial charge >= 0.3 is 0 Å². The lowest BCUT2D eigenvalue weighted by Crippen LogP contribution is -2.14. The van der Waals surface area contributed by atoms with E-state index in [0.29, 0.717) is 37.6 Å². The number of thiophene rings is 2. The van der Waals surface area contributed by atoms with E-state index < -0.39 is 10.0 Å². The number of aromatic nitrogens is 1. The van der Waals surface area contributed by atoms with Crippen LogP contribution in [0.3, 0.4) is 0 Å². The third kappa shape index (κ3) is 3.22. The standard InChI is InChI=1S/C23H13ClN2O3S3/c24-14-3-6-16(7-4-14)32(28,29)26-19-12-15(27)5-8-17(19)22(18-9-11-31-21(18)13-25)23(26)20-2-1-10-30-20/h1-12,27H. The van der Waals surface area contributed by atoms with Crippen LogP contribution in [0.4, 0.5) is 0 Å². The van der Waals surface area contributed by atoms with Gasteiger partial charge in [0.1, 0.15) is 16.7 Å². The maximum atomic E-state index is 13.9. The van der Waals surface area contributed by atoms with Crippen molar-refractivity contribution >= 4 is 55.2 Å². The van der Waals surface area contributed by atoms with Crippen LogP contribution in [0.25, 0.3) is 32.6 Å². The van der Waals surface area contributed by atoms with Gasteiger partial charge in [-0.1, -0.05) is 17.7 Å². The Hall–Kier alpha value is -3.09. The van der Waals surface area contributed by atoms with E-state index in [1.807, 2.05) is 29.0 Å². The van der Waals surface area contributed by atoms with Crippen molar-refractivity contribution in [1.29, 1.82) is 5.26 Å². The fourth-order valence-electron chi connectivity index (χ4n) is 3.71. The van der Waals surface area contributed by atoms with Gasteiger partial charge in [0.15, 0.2) is 0 Å². The van der Waals surface area contributed by atoms with Crippen LogP contribution < -0.4 is 0 Å². The molecule has 3 aromatic heterocycles. The SMILES string of the molecule is N#Cc1sccc1-c1c(-c2cccs2)n(S(=O)(=O)c2ccc(Cl)cc2)c2cc(O)ccc12. The molecule has 0 saturated heterocycles. The average molecular weight is 497 g/mol. The molecule has 0 saturated carbocycles. The second-order valence-corrected chi connectivity index (χ2v) is 11.0. The second-order valence-electron chi connectivity index (χ2n) is 6.90. The zero-order chi connectivity index (χ0) is 22.5. The lowest BCUT2D eigenvalue weighted by atomic mass is 10.0. The van der Waals surface area contributed by atoms with Crippen LogP contribution in [0.5, 0.6) is 5.75 Å². The first-order valence-electron chi connectivity index (χ1n) is 9.32. The van der Waals surface area contributed by atoms with Crippen molar-refractivity contribution in [2.24, 2.45) is 0 Å². The Labute approximate surface area is 197 Å². The molecule has 9 heteroatoms. The van der Waals surface area contributed by atoms with E-state index in [1.165, 1.54) is 63.0 Å². The Morgan fingerprint density at radius 1 is 1.00 bits per heavy atom. The van der Waals surface area contributed by atoms with E-state index in [4.69, 9.17) is 11.6 Å². The van der Waals surface area contributed by atoms with E-state index in [-0.39, 0.29) is 10.6 Å². The van der Waals surface area contributed by atoms with Gasteiger partial charge in [-0.15, -0.1) is 22.7 Å². The van der Waals surface area contributed by atoms with Gasteiger partial charge in [-0.3, -0.25) is 0 Å². The molecule has 0 amide bonds. The highest BCUT2D eigenvalue weighted by molar-refractivity contribution is 7.90. The minimum atomic E-state index is -4.07. The molecule has 32 heavy (non-hydrogen) atoms. The van der Waals surface area contributed by atoms with Gasteiger partial charge in [-0.2, -0.15) is 5.26 Å². The highest BCUT2D eigenvalue weighted by atomic mass is 35.5. The highest BCUT2D eigenvalue weighted by Crippen LogP contribution is 2.46. The minimum absolute atomic E-state index is 0.0577. The van der Waals surface area contributed by atoms with Crippen molar-refractivity contribution < 1.29 is 13.5 Å². The summed E-state index contributed by atoms with van der Waals surface area (Å²) in [5.74, 6) is -0.0577. The Bertz CT molecular complexity index is 1610. The predicted octanol–water partition coefficient (Wildman–Crippen LogP) is 6.57. The molecule has 0 unspecified atom stereocenters. The summed E-state index contributed by atoms with van der Waals surface area (Å²) < 4.78 is 29.1. The number of aromatic hydroxyl groups is 1. The zero-order valence-electron chi connectivity index (χ0n) is 16.2. The molecule has 0 radical (unpaired) electrons. The topological polar surface area (TPSA) is 83.1 Å². The third-order valence-electron chi connectivity index (χ3n) is 5.05. The molecular weight excluding hydrogens is 484 g/mol. The molecule has 0 aliphatic rings. The van der Waals surface area contributed by atoms with Gasteiger partial charge in [-0.25, -0.2) is 12.4 Å².